The number of nitrogens with zero attached hydrogens (tertiary/aromatic N) is 6. The Morgan fingerprint density at radius 2 is 1.91 bits per heavy atom. The van der Waals surface area contributed by atoms with Crippen LogP contribution in [0, 0.1) is 11.7 Å². The van der Waals surface area contributed by atoms with E-state index in [0.717, 1.165) is 0 Å². The van der Waals surface area contributed by atoms with E-state index in [4.69, 9.17) is 15.2 Å². The third kappa shape index (κ3) is 5.02. The largest absolute Gasteiger partial charge is 0.472 e. The Morgan fingerprint density at radius 1 is 1.26 bits per heavy atom. The van der Waals surface area contributed by atoms with Gasteiger partial charge in [0.05, 0.1) is 13.2 Å². The number of rotatable bonds is 7. The Bertz CT molecular complexity index is 1010. The SMILES string of the molecule is CC(C)[C@@H](O)C(=O)N(C)[C@H]1C[C@H](Oc2nc(N3CCOCC3)nc(-c3cnc(N)nc3)c2F)C1. The summed E-state index contributed by atoms with van der Waals surface area (Å²) < 4.78 is 26.7. The summed E-state index contributed by atoms with van der Waals surface area (Å²) in [5.41, 5.74) is 5.94. The number of aliphatic hydroxyl groups is 1. The first-order chi connectivity index (χ1) is 16.2. The lowest BCUT2D eigenvalue weighted by Gasteiger charge is -2.41. The second kappa shape index (κ2) is 10.0. The predicted octanol–water partition coefficient (Wildman–Crippen LogP) is 0.877. The van der Waals surface area contributed by atoms with Crippen molar-refractivity contribution in [2.24, 2.45) is 5.92 Å². The molecule has 4 rings (SSSR count). The quantitative estimate of drug-likeness (QED) is 0.593. The Kier molecular flexibility index (Phi) is 7.08. The first kappa shape index (κ1) is 24.0. The molecule has 3 heterocycles. The summed E-state index contributed by atoms with van der Waals surface area (Å²) in [6, 6.07) is -0.0977. The van der Waals surface area contributed by atoms with Crippen LogP contribution in [0.4, 0.5) is 16.3 Å². The van der Waals surface area contributed by atoms with E-state index in [-0.39, 0.29) is 41.5 Å². The van der Waals surface area contributed by atoms with E-state index in [0.29, 0.717) is 50.7 Å². The molecule has 2 aromatic rings. The fourth-order valence-corrected chi connectivity index (χ4v) is 3.83. The molecule has 34 heavy (non-hydrogen) atoms. The smallest absolute Gasteiger partial charge is 0.256 e. The van der Waals surface area contributed by atoms with Gasteiger partial charge in [-0.05, 0) is 5.92 Å². The van der Waals surface area contributed by atoms with Gasteiger partial charge < -0.3 is 30.1 Å². The first-order valence-corrected chi connectivity index (χ1v) is 11.3. The van der Waals surface area contributed by atoms with E-state index in [1.165, 1.54) is 17.3 Å². The summed E-state index contributed by atoms with van der Waals surface area (Å²) >= 11 is 0. The van der Waals surface area contributed by atoms with Crippen LogP contribution in [0.25, 0.3) is 11.3 Å². The monoisotopic (exact) mass is 475 g/mol. The fourth-order valence-electron chi connectivity index (χ4n) is 3.83. The molecule has 0 spiro atoms. The summed E-state index contributed by atoms with van der Waals surface area (Å²) in [5.74, 6) is -0.977. The lowest BCUT2D eigenvalue weighted by molar-refractivity contribution is -0.146. The number of hydrogen-bond acceptors (Lipinski definition) is 10. The molecule has 2 aromatic heterocycles. The van der Waals surface area contributed by atoms with E-state index in [9.17, 15) is 9.90 Å². The van der Waals surface area contributed by atoms with Crippen molar-refractivity contribution in [1.29, 1.82) is 0 Å². The molecule has 1 amide bonds. The van der Waals surface area contributed by atoms with E-state index in [1.54, 1.807) is 20.9 Å². The van der Waals surface area contributed by atoms with Crippen molar-refractivity contribution < 1.29 is 23.8 Å². The minimum Gasteiger partial charge on any atom is -0.472 e. The molecular weight excluding hydrogens is 445 g/mol. The van der Waals surface area contributed by atoms with Crippen molar-refractivity contribution in [1.82, 2.24) is 24.8 Å². The summed E-state index contributed by atoms with van der Waals surface area (Å²) in [6.07, 6.45) is 2.44. The maximum absolute atomic E-state index is 15.4. The van der Waals surface area contributed by atoms with Gasteiger partial charge in [-0.1, -0.05) is 13.8 Å². The number of carbonyl (C=O) groups excluding carboxylic acids is 1. The molecule has 1 aliphatic carbocycles. The average Bonchev–Trinajstić information content (AvgIpc) is 2.81. The highest BCUT2D eigenvalue weighted by molar-refractivity contribution is 5.81. The molecule has 2 fully saturated rings. The molecule has 11 nitrogen and oxygen atoms in total. The number of morpholine rings is 1. The molecule has 2 aliphatic rings. The maximum atomic E-state index is 15.4. The maximum Gasteiger partial charge on any atom is 0.256 e. The second-order valence-electron chi connectivity index (χ2n) is 8.92. The lowest BCUT2D eigenvalue weighted by atomic mass is 9.87. The number of anilines is 2. The summed E-state index contributed by atoms with van der Waals surface area (Å²) in [7, 11) is 1.66. The van der Waals surface area contributed by atoms with Crippen molar-refractivity contribution in [3.05, 3.63) is 18.2 Å². The van der Waals surface area contributed by atoms with Crippen LogP contribution in [0.2, 0.25) is 0 Å². The molecule has 1 atom stereocenters. The van der Waals surface area contributed by atoms with Crippen LogP contribution >= 0.6 is 0 Å². The number of amides is 1. The van der Waals surface area contributed by atoms with E-state index < -0.39 is 11.9 Å². The fraction of sp³-hybridized carbons (Fsp3) is 0.591. The van der Waals surface area contributed by atoms with Crippen LogP contribution in [0.15, 0.2) is 12.4 Å². The van der Waals surface area contributed by atoms with Gasteiger partial charge in [0, 0.05) is 57.0 Å². The van der Waals surface area contributed by atoms with E-state index in [2.05, 4.69) is 19.9 Å². The molecule has 1 aliphatic heterocycles. The van der Waals surface area contributed by atoms with Crippen molar-refractivity contribution in [3.8, 4) is 17.1 Å². The van der Waals surface area contributed by atoms with Gasteiger partial charge in [-0.15, -0.1) is 0 Å². The Labute approximate surface area is 197 Å². The number of ether oxygens (including phenoxy) is 2. The van der Waals surface area contributed by atoms with Gasteiger partial charge in [0.25, 0.3) is 11.8 Å². The number of likely N-dealkylation sites (N-methyl/N-ethyl adjacent to an activating group) is 1. The van der Waals surface area contributed by atoms with Crippen LogP contribution in [0.5, 0.6) is 5.88 Å². The molecule has 3 N–H and O–H groups in total. The summed E-state index contributed by atoms with van der Waals surface area (Å²) in [6.45, 7) is 5.75. The van der Waals surface area contributed by atoms with Gasteiger partial charge in [-0.3, -0.25) is 4.79 Å². The van der Waals surface area contributed by atoms with Gasteiger partial charge in [-0.25, -0.2) is 15.0 Å². The normalized spacial score (nSPS) is 21.2. The third-order valence-electron chi connectivity index (χ3n) is 6.18. The molecule has 1 saturated heterocycles. The zero-order valence-corrected chi connectivity index (χ0v) is 19.5. The Morgan fingerprint density at radius 3 is 2.53 bits per heavy atom. The number of halogens is 1. The summed E-state index contributed by atoms with van der Waals surface area (Å²) in [4.78, 5) is 32.5. The van der Waals surface area contributed by atoms with Crippen LogP contribution in [-0.2, 0) is 9.53 Å². The Hall–Kier alpha value is -3.12. The average molecular weight is 476 g/mol. The van der Waals surface area contributed by atoms with Crippen LogP contribution < -0.4 is 15.4 Å². The minimum atomic E-state index is -1.05. The number of hydrogen-bond donors (Lipinski definition) is 2. The molecule has 1 saturated carbocycles. The van der Waals surface area contributed by atoms with Crippen molar-refractivity contribution in [2.45, 2.75) is 44.9 Å². The van der Waals surface area contributed by atoms with Crippen LogP contribution in [-0.4, -0.2) is 87.5 Å². The van der Waals surface area contributed by atoms with Crippen LogP contribution in [0.1, 0.15) is 26.7 Å². The molecule has 0 aromatic carbocycles. The zero-order valence-electron chi connectivity index (χ0n) is 19.5. The number of carbonyl (C=O) groups is 1. The highest BCUT2D eigenvalue weighted by Gasteiger charge is 2.39. The molecule has 0 unspecified atom stereocenters. The number of aliphatic hydroxyl groups excluding tert-OH is 1. The third-order valence-corrected chi connectivity index (χ3v) is 6.18. The lowest BCUT2D eigenvalue weighted by Crippen LogP contribution is -2.53. The van der Waals surface area contributed by atoms with Gasteiger partial charge in [-0.2, -0.15) is 9.37 Å². The zero-order chi connectivity index (χ0) is 24.4. The number of nitrogen functional groups attached to an aromatic ring is 1. The van der Waals surface area contributed by atoms with Gasteiger partial charge in [0.1, 0.15) is 17.9 Å². The molecule has 0 radical (unpaired) electrons. The molecule has 12 heteroatoms. The van der Waals surface area contributed by atoms with Crippen molar-refractivity contribution in [3.63, 3.8) is 0 Å². The Balaban J connectivity index is 1.53. The summed E-state index contributed by atoms with van der Waals surface area (Å²) in [5, 5.41) is 10.1. The van der Waals surface area contributed by atoms with E-state index in [1.807, 2.05) is 4.90 Å². The minimum absolute atomic E-state index is 0.0229. The van der Waals surface area contributed by atoms with Crippen LogP contribution in [0.3, 0.4) is 0 Å². The highest BCUT2D eigenvalue weighted by atomic mass is 19.1. The molecule has 0 bridgehead atoms. The van der Waals surface area contributed by atoms with Gasteiger partial charge in [0.2, 0.25) is 17.7 Å². The molecular formula is C22H30FN7O4. The van der Waals surface area contributed by atoms with Crippen molar-refractivity contribution in [2.75, 3.05) is 44.0 Å². The highest BCUT2D eigenvalue weighted by Crippen LogP contribution is 2.34. The standard InChI is InChI=1S/C22H30FN7O4/c1-12(2)18(31)20(32)29(3)14-8-15(9-14)34-19-16(23)17(13-10-25-21(24)26-11-13)27-22(28-19)30-4-6-33-7-5-30/h10-12,14-15,18,31H,4-9H2,1-3H3,(H2,24,25,26)/t14-,15-,18-/m1/s1. The molecule has 184 valence electrons. The number of aromatic nitrogens is 4. The first-order valence-electron chi connectivity index (χ1n) is 11.3. The second-order valence-corrected chi connectivity index (χ2v) is 8.92. The van der Waals surface area contributed by atoms with Crippen molar-refractivity contribution >= 4 is 17.8 Å². The van der Waals surface area contributed by atoms with E-state index >= 15 is 4.39 Å². The predicted molar refractivity (Wildman–Crippen MR) is 122 cm³/mol. The topological polar surface area (TPSA) is 140 Å². The number of nitrogens with two attached hydrogens (primary N) is 1. The van der Waals surface area contributed by atoms with Gasteiger partial charge in [0.15, 0.2) is 0 Å². The van der Waals surface area contributed by atoms with Gasteiger partial charge >= 0.3 is 0 Å².